The Morgan fingerprint density at radius 3 is 2.64 bits per heavy atom. The second-order valence-corrected chi connectivity index (χ2v) is 5.83. The molecule has 9 heteroatoms. The molecule has 0 spiro atoms. The Kier molecular flexibility index (Phi) is 4.55. The van der Waals surface area contributed by atoms with Crippen molar-refractivity contribution in [1.29, 1.82) is 0 Å². The molecule has 4 nitrogen and oxygen atoms in total. The number of rotatable bonds is 4. The van der Waals surface area contributed by atoms with Gasteiger partial charge in [-0.1, -0.05) is 11.6 Å². The van der Waals surface area contributed by atoms with Gasteiger partial charge < -0.3 is 9.88 Å². The number of aryl methyl sites for hydroxylation is 1. The first-order valence-corrected chi connectivity index (χ1v) is 7.72. The fourth-order valence-corrected chi connectivity index (χ4v) is 2.87. The summed E-state index contributed by atoms with van der Waals surface area (Å²) in [5.41, 5.74) is -0.371. The first kappa shape index (κ1) is 17.5. The Balaban J connectivity index is 1.90. The highest BCUT2D eigenvalue weighted by Gasteiger charge is 2.34. The topological polar surface area (TPSA) is 42.7 Å². The number of hydrogen-bond acceptors (Lipinski definition) is 3. The van der Waals surface area contributed by atoms with Crippen molar-refractivity contribution in [1.82, 2.24) is 14.5 Å². The summed E-state index contributed by atoms with van der Waals surface area (Å²) in [4.78, 5) is 7.72. The first-order chi connectivity index (χ1) is 11.8. The third kappa shape index (κ3) is 3.53. The molecule has 3 rings (SSSR count). The van der Waals surface area contributed by atoms with Gasteiger partial charge in [-0.3, -0.25) is 0 Å². The van der Waals surface area contributed by atoms with Gasteiger partial charge in [-0.25, -0.2) is 14.4 Å². The Morgan fingerprint density at radius 2 is 1.96 bits per heavy atom. The zero-order valence-corrected chi connectivity index (χ0v) is 13.8. The number of nitrogens with one attached hydrogen (secondary N) is 1. The predicted octanol–water partition coefficient (Wildman–Crippen LogP) is 4.66. The van der Waals surface area contributed by atoms with E-state index in [0.29, 0.717) is 18.1 Å². The third-order valence-corrected chi connectivity index (χ3v) is 4.00. The van der Waals surface area contributed by atoms with Crippen LogP contribution in [0.25, 0.3) is 10.9 Å². The summed E-state index contributed by atoms with van der Waals surface area (Å²) in [7, 11) is 0. The van der Waals surface area contributed by atoms with Crippen LogP contribution >= 0.6 is 11.6 Å². The van der Waals surface area contributed by atoms with Gasteiger partial charge in [-0.15, -0.1) is 0 Å². The lowest BCUT2D eigenvalue weighted by Crippen LogP contribution is -2.13. The lowest BCUT2D eigenvalue weighted by atomic mass is 10.1. The molecule has 0 saturated carbocycles. The summed E-state index contributed by atoms with van der Waals surface area (Å²) in [5, 5.41) is 3.10. The second kappa shape index (κ2) is 6.51. The SMILES string of the molecule is Cc1cc2c(C(F)(F)F)ccc(F)c2n1CCNc1cc(Cl)ncn1. The van der Waals surface area contributed by atoms with Crippen molar-refractivity contribution in [3.05, 3.63) is 52.8 Å². The van der Waals surface area contributed by atoms with Crippen molar-refractivity contribution in [2.24, 2.45) is 0 Å². The fraction of sp³-hybridized carbons (Fsp3) is 0.250. The molecule has 0 fully saturated rings. The first-order valence-electron chi connectivity index (χ1n) is 7.34. The van der Waals surface area contributed by atoms with E-state index in [0.717, 1.165) is 12.1 Å². The van der Waals surface area contributed by atoms with Crippen molar-refractivity contribution in [2.45, 2.75) is 19.6 Å². The Labute approximate surface area is 145 Å². The lowest BCUT2D eigenvalue weighted by molar-refractivity contribution is -0.136. The molecule has 0 aliphatic rings. The van der Waals surface area contributed by atoms with E-state index in [1.54, 1.807) is 6.92 Å². The molecule has 0 unspecified atom stereocenters. The predicted molar refractivity (Wildman–Crippen MR) is 87.2 cm³/mol. The van der Waals surface area contributed by atoms with Crippen LogP contribution < -0.4 is 5.32 Å². The van der Waals surface area contributed by atoms with E-state index in [1.807, 2.05) is 0 Å². The van der Waals surface area contributed by atoms with Crippen LogP contribution in [0.4, 0.5) is 23.4 Å². The lowest BCUT2D eigenvalue weighted by Gasteiger charge is -2.12. The quantitative estimate of drug-likeness (QED) is 0.535. The molecule has 2 heterocycles. The summed E-state index contributed by atoms with van der Waals surface area (Å²) in [6.07, 6.45) is -3.25. The van der Waals surface area contributed by atoms with Crippen LogP contribution in [0.3, 0.4) is 0 Å². The monoisotopic (exact) mass is 372 g/mol. The van der Waals surface area contributed by atoms with E-state index in [4.69, 9.17) is 11.6 Å². The van der Waals surface area contributed by atoms with Crippen LogP contribution in [0.5, 0.6) is 0 Å². The van der Waals surface area contributed by atoms with E-state index < -0.39 is 17.6 Å². The minimum Gasteiger partial charge on any atom is -0.368 e. The highest BCUT2D eigenvalue weighted by molar-refractivity contribution is 6.29. The van der Waals surface area contributed by atoms with Gasteiger partial charge in [0.15, 0.2) is 0 Å². The van der Waals surface area contributed by atoms with Gasteiger partial charge in [0.25, 0.3) is 0 Å². The number of nitrogens with zero attached hydrogens (tertiary/aromatic N) is 3. The summed E-state index contributed by atoms with van der Waals surface area (Å²) in [6.45, 7) is 2.23. The Hall–Kier alpha value is -2.35. The van der Waals surface area contributed by atoms with E-state index in [9.17, 15) is 17.6 Å². The molecule has 0 saturated heterocycles. The van der Waals surface area contributed by atoms with Gasteiger partial charge in [0.1, 0.15) is 23.1 Å². The Morgan fingerprint density at radius 1 is 1.20 bits per heavy atom. The van der Waals surface area contributed by atoms with Crippen LogP contribution in [0.2, 0.25) is 5.15 Å². The second-order valence-electron chi connectivity index (χ2n) is 5.45. The van der Waals surface area contributed by atoms with Crippen molar-refractivity contribution in [3.8, 4) is 0 Å². The van der Waals surface area contributed by atoms with Gasteiger partial charge in [0, 0.05) is 30.2 Å². The number of alkyl halides is 3. The average molecular weight is 373 g/mol. The maximum absolute atomic E-state index is 14.2. The smallest absolute Gasteiger partial charge is 0.368 e. The largest absolute Gasteiger partial charge is 0.417 e. The highest BCUT2D eigenvalue weighted by Crippen LogP contribution is 2.37. The summed E-state index contributed by atoms with van der Waals surface area (Å²) in [5.74, 6) is -0.216. The number of anilines is 1. The normalized spacial score (nSPS) is 11.9. The average Bonchev–Trinajstić information content (AvgIpc) is 2.84. The zero-order chi connectivity index (χ0) is 18.2. The maximum Gasteiger partial charge on any atom is 0.417 e. The summed E-state index contributed by atoms with van der Waals surface area (Å²) < 4.78 is 55.1. The molecule has 0 aliphatic heterocycles. The molecule has 25 heavy (non-hydrogen) atoms. The van der Waals surface area contributed by atoms with E-state index >= 15 is 0 Å². The van der Waals surface area contributed by atoms with E-state index in [1.165, 1.54) is 23.0 Å². The van der Waals surface area contributed by atoms with Crippen LogP contribution in [-0.2, 0) is 12.7 Å². The molecule has 132 valence electrons. The van der Waals surface area contributed by atoms with Crippen LogP contribution in [-0.4, -0.2) is 21.1 Å². The standard InChI is InChI=1S/C16H13ClF4N4/c1-9-6-10-11(16(19,20)21)2-3-12(18)15(10)25(9)5-4-22-14-7-13(17)23-8-24-14/h2-3,6-8H,4-5H2,1H3,(H,22,23,24). The molecule has 1 aromatic carbocycles. The molecule has 0 aliphatic carbocycles. The molecule has 1 N–H and O–H groups in total. The number of benzene rings is 1. The number of fused-ring (bicyclic) bond motifs is 1. The van der Waals surface area contributed by atoms with Crippen molar-refractivity contribution in [2.75, 3.05) is 11.9 Å². The number of hydrogen-bond donors (Lipinski definition) is 1. The summed E-state index contributed by atoms with van der Waals surface area (Å²) >= 11 is 5.76. The Bertz CT molecular complexity index is 920. The van der Waals surface area contributed by atoms with Gasteiger partial charge in [0.2, 0.25) is 0 Å². The number of aromatic nitrogens is 3. The third-order valence-electron chi connectivity index (χ3n) is 3.80. The van der Waals surface area contributed by atoms with Gasteiger partial charge in [-0.2, -0.15) is 13.2 Å². The van der Waals surface area contributed by atoms with Gasteiger partial charge >= 0.3 is 6.18 Å². The molecular formula is C16H13ClF4N4. The molecular weight excluding hydrogens is 360 g/mol. The highest BCUT2D eigenvalue weighted by atomic mass is 35.5. The van der Waals surface area contributed by atoms with E-state index in [-0.39, 0.29) is 22.6 Å². The molecule has 2 aromatic heterocycles. The number of halogens is 5. The van der Waals surface area contributed by atoms with E-state index in [2.05, 4.69) is 15.3 Å². The minimum atomic E-state index is -4.54. The molecule has 0 amide bonds. The zero-order valence-electron chi connectivity index (χ0n) is 13.0. The van der Waals surface area contributed by atoms with Crippen LogP contribution in [0.1, 0.15) is 11.3 Å². The molecule has 0 bridgehead atoms. The van der Waals surface area contributed by atoms with Crippen molar-refractivity contribution in [3.63, 3.8) is 0 Å². The van der Waals surface area contributed by atoms with Gasteiger partial charge in [-0.05, 0) is 25.1 Å². The van der Waals surface area contributed by atoms with Crippen molar-refractivity contribution < 1.29 is 17.6 Å². The van der Waals surface area contributed by atoms with Crippen LogP contribution in [0.15, 0.2) is 30.6 Å². The minimum absolute atomic E-state index is 0.0603. The molecule has 3 aromatic rings. The maximum atomic E-state index is 14.2. The van der Waals surface area contributed by atoms with Gasteiger partial charge in [0.05, 0.1) is 11.1 Å². The molecule has 0 atom stereocenters. The van der Waals surface area contributed by atoms with Crippen LogP contribution in [0, 0.1) is 12.7 Å². The molecule has 0 radical (unpaired) electrons. The fourth-order valence-electron chi connectivity index (χ4n) is 2.73. The summed E-state index contributed by atoms with van der Waals surface area (Å²) in [6, 6.07) is 4.48. The van der Waals surface area contributed by atoms with Crippen molar-refractivity contribution >= 4 is 28.3 Å².